The molecule has 4 nitrogen and oxygen atoms in total. The summed E-state index contributed by atoms with van der Waals surface area (Å²) in [6.07, 6.45) is 11.6. The molecule has 0 saturated carbocycles. The highest BCUT2D eigenvalue weighted by molar-refractivity contribution is 5.54. The monoisotopic (exact) mass is 470 g/mol. The summed E-state index contributed by atoms with van der Waals surface area (Å²) >= 11 is 0. The third-order valence-electron chi connectivity index (χ3n) is 6.39. The maximum absolute atomic E-state index is 4.63. The van der Waals surface area contributed by atoms with E-state index in [4.69, 9.17) is 0 Å². The highest BCUT2D eigenvalue weighted by atomic mass is 14.8. The van der Waals surface area contributed by atoms with Crippen LogP contribution in [0.2, 0.25) is 0 Å². The smallest absolute Gasteiger partial charge is 0.0886 e. The first kappa shape index (κ1) is 23.6. The summed E-state index contributed by atoms with van der Waals surface area (Å²) in [7, 11) is 0. The van der Waals surface area contributed by atoms with Gasteiger partial charge in [-0.15, -0.1) is 0 Å². The molecule has 0 fully saturated rings. The molecule has 0 radical (unpaired) electrons. The average Bonchev–Trinajstić information content (AvgIpc) is 2.93. The van der Waals surface area contributed by atoms with Gasteiger partial charge in [0.2, 0.25) is 0 Å². The Morgan fingerprint density at radius 2 is 0.806 bits per heavy atom. The van der Waals surface area contributed by atoms with Crippen LogP contribution in [0, 0.1) is 13.8 Å². The first-order chi connectivity index (χ1) is 17.6. The van der Waals surface area contributed by atoms with Gasteiger partial charge in [-0.2, -0.15) is 0 Å². The van der Waals surface area contributed by atoms with Crippen LogP contribution in [-0.4, -0.2) is 19.9 Å². The molecule has 178 valence electrons. The summed E-state index contributed by atoms with van der Waals surface area (Å²) in [6.45, 7) is 4.09. The molecule has 5 rings (SSSR count). The Bertz CT molecular complexity index is 1300. The lowest BCUT2D eigenvalue weighted by Crippen LogP contribution is -1.97. The maximum atomic E-state index is 4.63. The number of benzene rings is 1. The van der Waals surface area contributed by atoms with Gasteiger partial charge in [-0.3, -0.25) is 19.9 Å². The molecule has 1 aromatic carbocycles. The van der Waals surface area contributed by atoms with E-state index in [0.29, 0.717) is 0 Å². The molecule has 0 atom stereocenters. The number of rotatable bonds is 8. The minimum absolute atomic E-state index is 0.913. The summed E-state index contributed by atoms with van der Waals surface area (Å²) in [4.78, 5) is 18.2. The zero-order chi connectivity index (χ0) is 24.7. The van der Waals surface area contributed by atoms with E-state index in [-0.39, 0.29) is 0 Å². The quantitative estimate of drug-likeness (QED) is 0.251. The second-order valence-corrected chi connectivity index (χ2v) is 9.36. The molecular formula is C32H30N4. The fourth-order valence-electron chi connectivity index (χ4n) is 4.20. The van der Waals surface area contributed by atoms with E-state index in [1.165, 1.54) is 22.3 Å². The SMILES string of the molecule is Cc1ccc(-c2ccc(CCc3cccc(CCc4ccc(-c5ccc(C)cn5)nc4)c3)cn2)nc1. The van der Waals surface area contributed by atoms with Crippen LogP contribution in [-0.2, 0) is 25.7 Å². The summed E-state index contributed by atoms with van der Waals surface area (Å²) in [5.41, 5.74) is 11.2. The van der Waals surface area contributed by atoms with Crippen molar-refractivity contribution in [3.05, 3.63) is 131 Å². The Morgan fingerprint density at radius 3 is 1.17 bits per heavy atom. The first-order valence-corrected chi connectivity index (χ1v) is 12.5. The lowest BCUT2D eigenvalue weighted by Gasteiger charge is -2.07. The van der Waals surface area contributed by atoms with Crippen LogP contribution in [0.4, 0.5) is 0 Å². The van der Waals surface area contributed by atoms with Crippen molar-refractivity contribution in [2.75, 3.05) is 0 Å². The molecule has 0 spiro atoms. The van der Waals surface area contributed by atoms with E-state index in [0.717, 1.165) is 59.6 Å². The topological polar surface area (TPSA) is 51.6 Å². The largest absolute Gasteiger partial charge is 0.254 e. The Balaban J connectivity index is 1.15. The average molecular weight is 471 g/mol. The standard InChI is InChI=1S/C32H30N4/c1-23-6-14-29(33-19-23)31-16-12-27(21-35-31)10-8-25-4-3-5-26(18-25)9-11-28-13-17-32(36-22-28)30-15-7-24(2)20-34-30/h3-7,12-22H,8-11H2,1-2H3. The van der Waals surface area contributed by atoms with Crippen LogP contribution >= 0.6 is 0 Å². The van der Waals surface area contributed by atoms with Gasteiger partial charge in [-0.25, -0.2) is 0 Å². The van der Waals surface area contributed by atoms with Crippen molar-refractivity contribution in [1.82, 2.24) is 19.9 Å². The van der Waals surface area contributed by atoms with E-state index in [9.17, 15) is 0 Å². The molecule has 4 heterocycles. The van der Waals surface area contributed by atoms with E-state index < -0.39 is 0 Å². The fraction of sp³-hybridized carbons (Fsp3) is 0.188. The zero-order valence-electron chi connectivity index (χ0n) is 20.9. The summed E-state index contributed by atoms with van der Waals surface area (Å²) < 4.78 is 0. The highest BCUT2D eigenvalue weighted by Gasteiger charge is 2.05. The second-order valence-electron chi connectivity index (χ2n) is 9.36. The number of hydrogen-bond acceptors (Lipinski definition) is 4. The fourth-order valence-corrected chi connectivity index (χ4v) is 4.20. The summed E-state index contributed by atoms with van der Waals surface area (Å²) in [6, 6.07) is 25.6. The number of nitrogens with zero attached hydrogens (tertiary/aromatic N) is 4. The van der Waals surface area contributed by atoms with Gasteiger partial charge < -0.3 is 0 Å². The van der Waals surface area contributed by atoms with Crippen molar-refractivity contribution in [1.29, 1.82) is 0 Å². The summed E-state index contributed by atoms with van der Waals surface area (Å²) in [5, 5.41) is 0. The number of aryl methyl sites for hydroxylation is 6. The van der Waals surface area contributed by atoms with Crippen LogP contribution in [0.3, 0.4) is 0 Å². The Hall–Kier alpha value is -4.18. The predicted octanol–water partition coefficient (Wildman–Crippen LogP) is 6.79. The van der Waals surface area contributed by atoms with Crippen molar-refractivity contribution in [2.45, 2.75) is 39.5 Å². The van der Waals surface area contributed by atoms with Crippen LogP contribution in [0.15, 0.2) is 97.6 Å². The second kappa shape index (κ2) is 11.0. The van der Waals surface area contributed by atoms with Gasteiger partial charge in [-0.1, -0.05) is 48.5 Å². The first-order valence-electron chi connectivity index (χ1n) is 12.5. The van der Waals surface area contributed by atoms with Crippen LogP contribution in [0.5, 0.6) is 0 Å². The summed E-state index contributed by atoms with van der Waals surface area (Å²) in [5.74, 6) is 0. The van der Waals surface area contributed by atoms with Crippen molar-refractivity contribution in [3.63, 3.8) is 0 Å². The van der Waals surface area contributed by atoms with Crippen LogP contribution in [0.25, 0.3) is 22.8 Å². The lowest BCUT2D eigenvalue weighted by atomic mass is 10.00. The van der Waals surface area contributed by atoms with Crippen LogP contribution in [0.1, 0.15) is 33.4 Å². The van der Waals surface area contributed by atoms with Crippen molar-refractivity contribution in [2.24, 2.45) is 0 Å². The third kappa shape index (κ3) is 6.08. The highest BCUT2D eigenvalue weighted by Crippen LogP contribution is 2.18. The predicted molar refractivity (Wildman–Crippen MR) is 146 cm³/mol. The van der Waals surface area contributed by atoms with E-state index in [1.54, 1.807) is 0 Å². The van der Waals surface area contributed by atoms with Crippen LogP contribution < -0.4 is 0 Å². The normalized spacial score (nSPS) is 10.9. The minimum Gasteiger partial charge on any atom is -0.254 e. The number of hydrogen-bond donors (Lipinski definition) is 0. The van der Waals surface area contributed by atoms with Gasteiger partial charge in [0.1, 0.15) is 0 Å². The molecule has 4 heteroatoms. The van der Waals surface area contributed by atoms with Gasteiger partial charge >= 0.3 is 0 Å². The van der Waals surface area contributed by atoms with E-state index in [2.05, 4.69) is 80.6 Å². The Labute approximate surface area is 213 Å². The molecule has 0 aliphatic carbocycles. The molecule has 0 saturated heterocycles. The number of pyridine rings is 4. The maximum Gasteiger partial charge on any atom is 0.0886 e. The Kier molecular flexibility index (Phi) is 7.23. The molecule has 36 heavy (non-hydrogen) atoms. The zero-order valence-corrected chi connectivity index (χ0v) is 20.9. The Morgan fingerprint density at radius 1 is 0.417 bits per heavy atom. The molecular weight excluding hydrogens is 440 g/mol. The minimum atomic E-state index is 0.913. The molecule has 5 aromatic rings. The van der Waals surface area contributed by atoms with E-state index >= 15 is 0 Å². The van der Waals surface area contributed by atoms with Crippen molar-refractivity contribution >= 4 is 0 Å². The molecule has 4 aromatic heterocycles. The van der Waals surface area contributed by atoms with Crippen molar-refractivity contribution < 1.29 is 0 Å². The van der Waals surface area contributed by atoms with E-state index in [1.807, 2.05) is 50.8 Å². The van der Waals surface area contributed by atoms with Gasteiger partial charge in [-0.05, 0) is 97.2 Å². The number of aromatic nitrogens is 4. The van der Waals surface area contributed by atoms with Crippen molar-refractivity contribution in [3.8, 4) is 22.8 Å². The van der Waals surface area contributed by atoms with Gasteiger partial charge in [0.15, 0.2) is 0 Å². The van der Waals surface area contributed by atoms with Gasteiger partial charge in [0.25, 0.3) is 0 Å². The molecule has 0 aliphatic rings. The molecule has 0 N–H and O–H groups in total. The van der Waals surface area contributed by atoms with Gasteiger partial charge in [0, 0.05) is 24.8 Å². The third-order valence-corrected chi connectivity index (χ3v) is 6.39. The lowest BCUT2D eigenvalue weighted by molar-refractivity contribution is 0.922. The molecule has 0 amide bonds. The molecule has 0 unspecified atom stereocenters. The molecule has 0 aliphatic heterocycles. The molecule has 0 bridgehead atoms. The van der Waals surface area contributed by atoms with Gasteiger partial charge in [0.05, 0.1) is 22.8 Å².